The number of nitrogen functional groups attached to an aromatic ring is 1. The number of amides is 1. The van der Waals surface area contributed by atoms with Gasteiger partial charge in [0.2, 0.25) is 0 Å². The van der Waals surface area contributed by atoms with Crippen molar-refractivity contribution < 1.29 is 4.79 Å². The lowest BCUT2D eigenvalue weighted by Gasteiger charge is -2.18. The molecule has 2 aromatic rings. The second kappa shape index (κ2) is 5.97. The summed E-state index contributed by atoms with van der Waals surface area (Å²) in [6.07, 6.45) is 0. The van der Waals surface area contributed by atoms with Crippen molar-refractivity contribution in [2.75, 3.05) is 12.8 Å². The number of carbonyl (C=O) groups excluding carboxylic acids is 1. The van der Waals surface area contributed by atoms with Gasteiger partial charge in [-0.2, -0.15) is 0 Å². The summed E-state index contributed by atoms with van der Waals surface area (Å²) in [6.45, 7) is 2.36. The minimum atomic E-state index is -0.0481. The summed E-state index contributed by atoms with van der Waals surface area (Å²) in [5.74, 6) is -0.0481. The lowest BCUT2D eigenvalue weighted by molar-refractivity contribution is 0.0785. The van der Waals surface area contributed by atoms with Gasteiger partial charge in [-0.3, -0.25) is 4.79 Å². The summed E-state index contributed by atoms with van der Waals surface area (Å²) in [5, 5.41) is 0.667. The van der Waals surface area contributed by atoms with Crippen molar-refractivity contribution in [3.05, 3.63) is 64.2 Å². The van der Waals surface area contributed by atoms with Crippen LogP contribution in [0.2, 0.25) is 5.02 Å². The number of hydrogen-bond donors (Lipinski definition) is 1. The molecule has 0 fully saturated rings. The Morgan fingerprint density at radius 3 is 2.60 bits per heavy atom. The van der Waals surface area contributed by atoms with Gasteiger partial charge in [-0.25, -0.2) is 0 Å². The summed E-state index contributed by atoms with van der Waals surface area (Å²) in [5.41, 5.74) is 8.92. The van der Waals surface area contributed by atoms with Crippen molar-refractivity contribution in [2.45, 2.75) is 13.5 Å². The van der Waals surface area contributed by atoms with E-state index in [4.69, 9.17) is 17.3 Å². The Labute approximate surface area is 124 Å². The number of rotatable bonds is 3. The molecule has 3 nitrogen and oxygen atoms in total. The number of nitrogens with zero attached hydrogens (tertiary/aromatic N) is 1. The van der Waals surface area contributed by atoms with Crippen molar-refractivity contribution in [1.29, 1.82) is 0 Å². The minimum Gasteiger partial charge on any atom is -0.399 e. The Morgan fingerprint density at radius 2 is 1.95 bits per heavy atom. The minimum absolute atomic E-state index is 0.0481. The van der Waals surface area contributed by atoms with Gasteiger partial charge in [0, 0.05) is 29.9 Å². The molecule has 0 unspecified atom stereocenters. The molecule has 0 heterocycles. The Balaban J connectivity index is 2.16. The van der Waals surface area contributed by atoms with Gasteiger partial charge in [-0.15, -0.1) is 0 Å². The molecule has 0 saturated carbocycles. The van der Waals surface area contributed by atoms with Gasteiger partial charge in [-0.05, 0) is 42.3 Å². The van der Waals surface area contributed by atoms with Gasteiger partial charge in [0.15, 0.2) is 0 Å². The first kappa shape index (κ1) is 14.4. The maximum atomic E-state index is 12.4. The maximum Gasteiger partial charge on any atom is 0.253 e. The normalized spacial score (nSPS) is 10.3. The van der Waals surface area contributed by atoms with Crippen LogP contribution in [0.25, 0.3) is 0 Å². The highest BCUT2D eigenvalue weighted by atomic mass is 35.5. The van der Waals surface area contributed by atoms with E-state index in [1.165, 1.54) is 0 Å². The zero-order chi connectivity index (χ0) is 14.7. The molecular weight excluding hydrogens is 272 g/mol. The van der Waals surface area contributed by atoms with E-state index in [1.807, 2.05) is 31.2 Å². The Morgan fingerprint density at radius 1 is 1.25 bits per heavy atom. The van der Waals surface area contributed by atoms with Crippen molar-refractivity contribution >= 4 is 23.2 Å². The first-order chi connectivity index (χ1) is 9.49. The van der Waals surface area contributed by atoms with Gasteiger partial charge in [0.1, 0.15) is 0 Å². The predicted molar refractivity (Wildman–Crippen MR) is 82.8 cm³/mol. The molecule has 0 radical (unpaired) electrons. The SMILES string of the molecule is Cc1cc(C(=O)N(C)Cc2ccccc2Cl)ccc1N. The van der Waals surface area contributed by atoms with E-state index in [2.05, 4.69) is 0 Å². The van der Waals surface area contributed by atoms with Crippen LogP contribution in [0.5, 0.6) is 0 Å². The standard InChI is InChI=1S/C16H17ClN2O/c1-11-9-12(7-8-15(11)18)16(20)19(2)10-13-5-3-4-6-14(13)17/h3-9H,10,18H2,1-2H3. The van der Waals surface area contributed by atoms with Crippen molar-refractivity contribution in [3.63, 3.8) is 0 Å². The van der Waals surface area contributed by atoms with Gasteiger partial charge in [-0.1, -0.05) is 29.8 Å². The molecule has 0 aromatic heterocycles. The van der Waals surface area contributed by atoms with Crippen molar-refractivity contribution in [3.8, 4) is 0 Å². The fourth-order valence-electron chi connectivity index (χ4n) is 1.98. The summed E-state index contributed by atoms with van der Waals surface area (Å²) >= 11 is 6.11. The van der Waals surface area contributed by atoms with E-state index in [0.29, 0.717) is 22.8 Å². The third-order valence-electron chi connectivity index (χ3n) is 3.23. The molecule has 0 spiro atoms. The number of aryl methyl sites for hydroxylation is 1. The number of hydrogen-bond acceptors (Lipinski definition) is 2. The molecule has 0 aliphatic heterocycles. The van der Waals surface area contributed by atoms with Crippen LogP contribution >= 0.6 is 11.6 Å². The van der Waals surface area contributed by atoms with Gasteiger partial charge >= 0.3 is 0 Å². The van der Waals surface area contributed by atoms with Crippen LogP contribution in [0.15, 0.2) is 42.5 Å². The molecule has 2 N–H and O–H groups in total. The van der Waals surface area contributed by atoms with E-state index >= 15 is 0 Å². The van der Waals surface area contributed by atoms with Crippen LogP contribution in [0, 0.1) is 6.92 Å². The van der Waals surface area contributed by atoms with Crippen LogP contribution in [0.1, 0.15) is 21.5 Å². The quantitative estimate of drug-likeness (QED) is 0.879. The summed E-state index contributed by atoms with van der Waals surface area (Å²) in [7, 11) is 1.76. The Hall–Kier alpha value is -2.00. The topological polar surface area (TPSA) is 46.3 Å². The van der Waals surface area contributed by atoms with E-state index in [9.17, 15) is 4.79 Å². The maximum absolute atomic E-state index is 12.4. The number of anilines is 1. The molecule has 0 atom stereocenters. The number of nitrogens with two attached hydrogens (primary N) is 1. The first-order valence-electron chi connectivity index (χ1n) is 6.34. The van der Waals surface area contributed by atoms with Crippen LogP contribution in [-0.4, -0.2) is 17.9 Å². The smallest absolute Gasteiger partial charge is 0.253 e. The molecule has 20 heavy (non-hydrogen) atoms. The molecule has 104 valence electrons. The highest BCUT2D eigenvalue weighted by Gasteiger charge is 2.13. The molecule has 1 amide bonds. The second-order valence-corrected chi connectivity index (χ2v) is 5.23. The second-order valence-electron chi connectivity index (χ2n) is 4.82. The average molecular weight is 289 g/mol. The van der Waals surface area contributed by atoms with E-state index in [0.717, 1.165) is 11.1 Å². The summed E-state index contributed by atoms with van der Waals surface area (Å²) in [6, 6.07) is 12.8. The monoisotopic (exact) mass is 288 g/mol. The Kier molecular flexibility index (Phi) is 4.30. The molecular formula is C16H17ClN2O. The van der Waals surface area contributed by atoms with Crippen LogP contribution in [-0.2, 0) is 6.54 Å². The molecule has 0 saturated heterocycles. The lowest BCUT2D eigenvalue weighted by Crippen LogP contribution is -2.26. The summed E-state index contributed by atoms with van der Waals surface area (Å²) < 4.78 is 0. The first-order valence-corrected chi connectivity index (χ1v) is 6.72. The summed E-state index contributed by atoms with van der Waals surface area (Å²) in [4.78, 5) is 14.0. The third kappa shape index (κ3) is 3.11. The van der Waals surface area contributed by atoms with Gasteiger partial charge in [0.05, 0.1) is 0 Å². The molecule has 2 rings (SSSR count). The molecule has 2 aromatic carbocycles. The van der Waals surface area contributed by atoms with E-state index in [-0.39, 0.29) is 5.91 Å². The zero-order valence-electron chi connectivity index (χ0n) is 11.6. The number of halogens is 1. The molecule has 0 bridgehead atoms. The van der Waals surface area contributed by atoms with Gasteiger partial charge in [0.25, 0.3) is 5.91 Å². The van der Waals surface area contributed by atoms with E-state index < -0.39 is 0 Å². The highest BCUT2D eigenvalue weighted by Crippen LogP contribution is 2.18. The van der Waals surface area contributed by atoms with Gasteiger partial charge < -0.3 is 10.6 Å². The fourth-order valence-corrected chi connectivity index (χ4v) is 2.18. The largest absolute Gasteiger partial charge is 0.399 e. The van der Waals surface area contributed by atoms with Crippen LogP contribution in [0.3, 0.4) is 0 Å². The van der Waals surface area contributed by atoms with E-state index in [1.54, 1.807) is 30.1 Å². The molecule has 0 aliphatic carbocycles. The fraction of sp³-hybridized carbons (Fsp3) is 0.188. The Bertz CT molecular complexity index is 640. The van der Waals surface area contributed by atoms with Crippen LogP contribution in [0.4, 0.5) is 5.69 Å². The average Bonchev–Trinajstić information content (AvgIpc) is 2.43. The van der Waals surface area contributed by atoms with Crippen molar-refractivity contribution in [1.82, 2.24) is 4.90 Å². The van der Waals surface area contributed by atoms with Crippen molar-refractivity contribution in [2.24, 2.45) is 0 Å². The zero-order valence-corrected chi connectivity index (χ0v) is 12.3. The third-order valence-corrected chi connectivity index (χ3v) is 3.60. The lowest BCUT2D eigenvalue weighted by atomic mass is 10.1. The molecule has 4 heteroatoms. The number of benzene rings is 2. The highest BCUT2D eigenvalue weighted by molar-refractivity contribution is 6.31. The predicted octanol–water partition coefficient (Wildman–Crippen LogP) is 3.50. The molecule has 0 aliphatic rings. The number of carbonyl (C=O) groups is 1. The van der Waals surface area contributed by atoms with Crippen LogP contribution < -0.4 is 5.73 Å².